The number of rotatable bonds is 3. The molecular formula is C9H12. The van der Waals surface area contributed by atoms with E-state index in [2.05, 4.69) is 31.5 Å². The van der Waals surface area contributed by atoms with Crippen molar-refractivity contribution >= 4 is 0 Å². The van der Waals surface area contributed by atoms with E-state index in [0.717, 1.165) is 12.8 Å². The fraction of sp³-hybridized carbons (Fsp3) is 0.333. The Morgan fingerprint density at radius 1 is 1.67 bits per heavy atom. The van der Waals surface area contributed by atoms with Gasteiger partial charge in [0, 0.05) is 0 Å². The average Bonchev–Trinajstić information content (AvgIpc) is 1.89. The van der Waals surface area contributed by atoms with E-state index in [1.54, 1.807) is 0 Å². The Kier molecular flexibility index (Phi) is 4.63. The summed E-state index contributed by atoms with van der Waals surface area (Å²) in [6.07, 6.45) is 3.83. The monoisotopic (exact) mass is 120 g/mol. The van der Waals surface area contributed by atoms with Crippen LogP contribution in [0.1, 0.15) is 19.8 Å². The molecule has 0 aromatic heterocycles. The molecule has 48 valence electrons. The predicted molar refractivity (Wildman–Crippen MR) is 41.3 cm³/mol. The van der Waals surface area contributed by atoms with Crippen molar-refractivity contribution in [3.63, 3.8) is 0 Å². The molecule has 0 aliphatic heterocycles. The molecule has 0 saturated carbocycles. The van der Waals surface area contributed by atoms with Crippen LogP contribution in [-0.4, -0.2) is 0 Å². The van der Waals surface area contributed by atoms with Crippen molar-refractivity contribution in [1.29, 1.82) is 0 Å². The average molecular weight is 120 g/mol. The van der Waals surface area contributed by atoms with E-state index >= 15 is 0 Å². The zero-order valence-corrected chi connectivity index (χ0v) is 5.91. The van der Waals surface area contributed by atoms with E-state index in [4.69, 9.17) is 0 Å². The smallest absolute Gasteiger partial charge is 0.00590 e. The Morgan fingerprint density at radius 2 is 2.33 bits per heavy atom. The van der Waals surface area contributed by atoms with Crippen LogP contribution in [-0.2, 0) is 0 Å². The van der Waals surface area contributed by atoms with Gasteiger partial charge in [-0.2, -0.15) is 0 Å². The summed E-state index contributed by atoms with van der Waals surface area (Å²) in [6.45, 7) is 9.30. The first-order valence-electron chi connectivity index (χ1n) is 3.07. The maximum Gasteiger partial charge on any atom is -0.00590 e. The minimum atomic E-state index is 0.902. The van der Waals surface area contributed by atoms with Gasteiger partial charge in [0.05, 0.1) is 0 Å². The molecule has 0 unspecified atom stereocenters. The molecule has 0 spiro atoms. The van der Waals surface area contributed by atoms with E-state index in [-0.39, 0.29) is 0 Å². The lowest BCUT2D eigenvalue weighted by molar-refractivity contribution is 1.04. The molecule has 0 N–H and O–H groups in total. The molecule has 0 fully saturated rings. The van der Waals surface area contributed by atoms with Crippen LogP contribution in [0.3, 0.4) is 0 Å². The summed E-state index contributed by atoms with van der Waals surface area (Å²) in [5, 5.41) is 0. The van der Waals surface area contributed by atoms with Gasteiger partial charge < -0.3 is 0 Å². The summed E-state index contributed by atoms with van der Waals surface area (Å²) in [7, 11) is 0. The van der Waals surface area contributed by atoms with Gasteiger partial charge in [0.25, 0.3) is 0 Å². The largest absolute Gasteiger partial charge is 0.0995 e. The van der Waals surface area contributed by atoms with Crippen LogP contribution in [0.25, 0.3) is 0 Å². The van der Waals surface area contributed by atoms with E-state index in [1.807, 2.05) is 6.08 Å². The van der Waals surface area contributed by atoms with Crippen LogP contribution in [0.2, 0.25) is 0 Å². The fourth-order valence-corrected chi connectivity index (χ4v) is 0.412. The zero-order valence-electron chi connectivity index (χ0n) is 5.91. The van der Waals surface area contributed by atoms with Crippen molar-refractivity contribution < 1.29 is 0 Å². The second-order valence-electron chi connectivity index (χ2n) is 1.83. The third kappa shape index (κ3) is 4.90. The van der Waals surface area contributed by atoms with Crippen LogP contribution >= 0.6 is 0 Å². The highest BCUT2D eigenvalue weighted by atomic mass is 13.9. The molecule has 0 aromatic rings. The van der Waals surface area contributed by atoms with Crippen molar-refractivity contribution in [3.8, 4) is 0 Å². The van der Waals surface area contributed by atoms with Crippen LogP contribution < -0.4 is 0 Å². The molecule has 0 atom stereocenters. The second-order valence-corrected chi connectivity index (χ2v) is 1.83. The van der Waals surface area contributed by atoms with Crippen molar-refractivity contribution in [2.45, 2.75) is 19.8 Å². The molecule has 0 nitrogen and oxygen atoms in total. The number of hydrogen-bond donors (Lipinski definition) is 0. The van der Waals surface area contributed by atoms with Gasteiger partial charge in [0.2, 0.25) is 0 Å². The van der Waals surface area contributed by atoms with Crippen LogP contribution in [0.4, 0.5) is 0 Å². The zero-order chi connectivity index (χ0) is 7.11. The van der Waals surface area contributed by atoms with Gasteiger partial charge in [-0.3, -0.25) is 0 Å². The lowest BCUT2D eigenvalue weighted by atomic mass is 10.2. The Hall–Kier alpha value is -0.960. The summed E-state index contributed by atoms with van der Waals surface area (Å²) in [5.74, 6) is 0. The molecular weight excluding hydrogens is 108 g/mol. The van der Waals surface area contributed by atoms with Crippen molar-refractivity contribution in [2.24, 2.45) is 0 Å². The summed E-state index contributed by atoms with van der Waals surface area (Å²) < 4.78 is 0. The van der Waals surface area contributed by atoms with Crippen LogP contribution in [0, 0.1) is 0 Å². The normalized spacial score (nSPS) is 7.22. The van der Waals surface area contributed by atoms with Crippen molar-refractivity contribution in [1.82, 2.24) is 0 Å². The second kappa shape index (κ2) is 5.18. The van der Waals surface area contributed by atoms with E-state index in [1.165, 1.54) is 5.57 Å². The number of allylic oxidation sites excluding steroid dienone is 2. The van der Waals surface area contributed by atoms with E-state index in [0.29, 0.717) is 0 Å². The highest BCUT2D eigenvalue weighted by Gasteiger charge is 1.81. The molecule has 9 heavy (non-hydrogen) atoms. The molecule has 0 aliphatic rings. The molecule has 0 heteroatoms. The summed E-state index contributed by atoms with van der Waals surface area (Å²) in [4.78, 5) is 0. The molecule has 0 saturated heterocycles. The molecule has 0 bridgehead atoms. The third-order valence-corrected chi connectivity index (χ3v) is 1.09. The van der Waals surface area contributed by atoms with Crippen molar-refractivity contribution in [2.75, 3.05) is 0 Å². The molecule has 0 radical (unpaired) electrons. The summed E-state index contributed by atoms with van der Waals surface area (Å²) in [6, 6.07) is 0. The minimum absolute atomic E-state index is 0.902. The predicted octanol–water partition coefficient (Wildman–Crippen LogP) is 2.84. The highest BCUT2D eigenvalue weighted by Crippen LogP contribution is 2.01. The first-order valence-corrected chi connectivity index (χ1v) is 3.07. The van der Waals surface area contributed by atoms with Gasteiger partial charge in [-0.05, 0) is 25.5 Å². The quantitative estimate of drug-likeness (QED) is 0.397. The number of hydrogen-bond acceptors (Lipinski definition) is 0. The standard InChI is InChI=1S/C9H12/c1-4-6-7-8-9(3)5-2/h7H,1,3,5,8H2,2H3. The maximum absolute atomic E-state index is 3.83. The van der Waals surface area contributed by atoms with E-state index in [9.17, 15) is 0 Å². The van der Waals surface area contributed by atoms with Crippen LogP contribution in [0.15, 0.2) is 36.3 Å². The first kappa shape index (κ1) is 8.04. The molecule has 0 aliphatic carbocycles. The van der Waals surface area contributed by atoms with E-state index < -0.39 is 0 Å². The highest BCUT2D eigenvalue weighted by molar-refractivity contribution is 5.00. The van der Waals surface area contributed by atoms with Gasteiger partial charge in [-0.1, -0.05) is 30.5 Å². The third-order valence-electron chi connectivity index (χ3n) is 1.09. The molecule has 0 heterocycles. The molecule has 0 rings (SSSR count). The first-order chi connectivity index (χ1) is 4.31. The molecule has 0 aromatic carbocycles. The van der Waals surface area contributed by atoms with Gasteiger partial charge in [-0.25, -0.2) is 0 Å². The summed E-state index contributed by atoms with van der Waals surface area (Å²) in [5.41, 5.74) is 6.54. The van der Waals surface area contributed by atoms with Crippen LogP contribution in [0.5, 0.6) is 0 Å². The molecule has 0 amide bonds. The summed E-state index contributed by atoms with van der Waals surface area (Å²) >= 11 is 0. The Balaban J connectivity index is 3.63. The Morgan fingerprint density at radius 3 is 2.78 bits per heavy atom. The van der Waals surface area contributed by atoms with Gasteiger partial charge in [0.15, 0.2) is 0 Å². The fourth-order valence-electron chi connectivity index (χ4n) is 0.412. The van der Waals surface area contributed by atoms with Crippen molar-refractivity contribution in [3.05, 3.63) is 36.3 Å². The topological polar surface area (TPSA) is 0 Å². The van der Waals surface area contributed by atoms with Gasteiger partial charge >= 0.3 is 0 Å². The lowest BCUT2D eigenvalue weighted by Crippen LogP contribution is -1.71. The minimum Gasteiger partial charge on any atom is -0.0995 e. The van der Waals surface area contributed by atoms with Gasteiger partial charge in [0.1, 0.15) is 0 Å². The lowest BCUT2D eigenvalue weighted by Gasteiger charge is -1.90. The van der Waals surface area contributed by atoms with Gasteiger partial charge in [-0.15, -0.1) is 0 Å². The Bertz CT molecular complexity index is 162. The SMILES string of the molecule is C=C=C=CCC(=C)CC. The Labute approximate surface area is 56.9 Å². The maximum atomic E-state index is 3.83.